The quantitative estimate of drug-likeness (QED) is 0.586. The van der Waals surface area contributed by atoms with Crippen molar-refractivity contribution in [1.82, 2.24) is 25.1 Å². The largest absolute Gasteiger partial charge is 0.416 e. The molecule has 0 aliphatic carbocycles. The van der Waals surface area contributed by atoms with E-state index in [-0.39, 0.29) is 6.42 Å². The molecule has 2 aromatic heterocycles. The van der Waals surface area contributed by atoms with E-state index in [4.69, 9.17) is 0 Å². The number of aryl methyl sites for hydroxylation is 1. The van der Waals surface area contributed by atoms with Crippen molar-refractivity contribution < 1.29 is 22.0 Å². The van der Waals surface area contributed by atoms with Gasteiger partial charge in [0.15, 0.2) is 5.65 Å². The summed E-state index contributed by atoms with van der Waals surface area (Å²) in [6, 6.07) is 3.72. The molecule has 1 aromatic carbocycles. The van der Waals surface area contributed by atoms with Crippen LogP contribution >= 0.6 is 0 Å². The zero-order valence-electron chi connectivity index (χ0n) is 16.7. The number of alkyl halides is 5. The van der Waals surface area contributed by atoms with Gasteiger partial charge in [-0.25, -0.2) is 18.7 Å². The molecule has 1 fully saturated rings. The standard InChI is InChI=1S/C20H21F5N6/c1-12-16-17(26-11-27-18(16)30-29-12)28-15-7-9-31(10-19(15,21)22)8-6-13-2-4-14(5-3-13)20(23,24)25/h2-5,11,15H,6-10H2,1H3,(H2,26,27,28,29,30). The summed E-state index contributed by atoms with van der Waals surface area (Å²) in [6.07, 6.45) is -2.51. The first-order valence-corrected chi connectivity index (χ1v) is 9.82. The Morgan fingerprint density at radius 1 is 1.19 bits per heavy atom. The molecule has 0 radical (unpaired) electrons. The van der Waals surface area contributed by atoms with Crippen molar-refractivity contribution in [3.8, 4) is 0 Å². The number of nitrogens with one attached hydrogen (secondary N) is 2. The number of piperidine rings is 1. The molecule has 11 heteroatoms. The van der Waals surface area contributed by atoms with E-state index in [1.807, 2.05) is 0 Å². The third-order valence-electron chi connectivity index (χ3n) is 5.53. The summed E-state index contributed by atoms with van der Waals surface area (Å²) in [5.41, 5.74) is 1.06. The molecular formula is C20H21F5N6. The van der Waals surface area contributed by atoms with Crippen LogP contribution < -0.4 is 5.32 Å². The van der Waals surface area contributed by atoms with E-state index >= 15 is 0 Å². The van der Waals surface area contributed by atoms with Gasteiger partial charge in [0.05, 0.1) is 29.2 Å². The van der Waals surface area contributed by atoms with Crippen LogP contribution in [0.5, 0.6) is 0 Å². The predicted molar refractivity (Wildman–Crippen MR) is 105 cm³/mol. The van der Waals surface area contributed by atoms with Crippen LogP contribution in [-0.4, -0.2) is 56.7 Å². The molecule has 0 saturated carbocycles. The van der Waals surface area contributed by atoms with E-state index in [2.05, 4.69) is 25.5 Å². The molecule has 31 heavy (non-hydrogen) atoms. The van der Waals surface area contributed by atoms with Crippen LogP contribution in [0.1, 0.15) is 23.2 Å². The van der Waals surface area contributed by atoms with Crippen LogP contribution in [0.2, 0.25) is 0 Å². The maximum Gasteiger partial charge on any atom is 0.416 e. The van der Waals surface area contributed by atoms with Crippen LogP contribution in [0.3, 0.4) is 0 Å². The number of nitrogens with zero attached hydrogens (tertiary/aromatic N) is 4. The highest BCUT2D eigenvalue weighted by Gasteiger charge is 2.44. The Balaban J connectivity index is 1.37. The highest BCUT2D eigenvalue weighted by atomic mass is 19.4. The minimum Gasteiger partial charge on any atom is -0.360 e. The smallest absolute Gasteiger partial charge is 0.360 e. The molecule has 166 valence electrons. The van der Waals surface area contributed by atoms with E-state index in [0.29, 0.717) is 47.6 Å². The summed E-state index contributed by atoms with van der Waals surface area (Å²) >= 11 is 0. The summed E-state index contributed by atoms with van der Waals surface area (Å²) in [4.78, 5) is 9.79. The summed E-state index contributed by atoms with van der Waals surface area (Å²) in [7, 11) is 0. The van der Waals surface area contributed by atoms with Gasteiger partial charge in [-0.15, -0.1) is 0 Å². The van der Waals surface area contributed by atoms with Crippen molar-refractivity contribution >= 4 is 16.9 Å². The molecule has 0 bridgehead atoms. The third kappa shape index (κ3) is 4.60. The number of hydrogen-bond acceptors (Lipinski definition) is 5. The Labute approximate surface area is 174 Å². The molecule has 1 unspecified atom stereocenters. The molecule has 1 atom stereocenters. The second-order valence-electron chi connectivity index (χ2n) is 7.72. The highest BCUT2D eigenvalue weighted by Crippen LogP contribution is 2.32. The molecule has 3 heterocycles. The molecule has 1 aliphatic heterocycles. The lowest BCUT2D eigenvalue weighted by Crippen LogP contribution is -2.54. The normalized spacial score (nSPS) is 19.6. The van der Waals surface area contributed by atoms with Crippen molar-refractivity contribution in [1.29, 1.82) is 0 Å². The average Bonchev–Trinajstić information content (AvgIpc) is 3.09. The maximum atomic E-state index is 14.8. The number of aromatic nitrogens is 4. The Bertz CT molecular complexity index is 1050. The molecule has 2 N–H and O–H groups in total. The Hall–Kier alpha value is -2.82. The number of aromatic amines is 1. The van der Waals surface area contributed by atoms with Gasteiger partial charge in [0.1, 0.15) is 12.1 Å². The van der Waals surface area contributed by atoms with Gasteiger partial charge in [0.25, 0.3) is 5.92 Å². The molecule has 1 aliphatic rings. The van der Waals surface area contributed by atoms with Crippen molar-refractivity contribution in [2.75, 3.05) is 25.0 Å². The first kappa shape index (κ1) is 21.4. The van der Waals surface area contributed by atoms with Gasteiger partial charge >= 0.3 is 6.18 Å². The Morgan fingerprint density at radius 3 is 2.61 bits per heavy atom. The number of likely N-dealkylation sites (tertiary alicyclic amines) is 1. The minimum atomic E-state index is -4.39. The van der Waals surface area contributed by atoms with Gasteiger partial charge in [-0.3, -0.25) is 10.00 Å². The van der Waals surface area contributed by atoms with Gasteiger partial charge in [-0.1, -0.05) is 12.1 Å². The highest BCUT2D eigenvalue weighted by molar-refractivity contribution is 5.88. The van der Waals surface area contributed by atoms with Crippen LogP contribution in [0, 0.1) is 6.92 Å². The van der Waals surface area contributed by atoms with Gasteiger partial charge < -0.3 is 5.32 Å². The summed E-state index contributed by atoms with van der Waals surface area (Å²) < 4.78 is 67.7. The van der Waals surface area contributed by atoms with E-state index in [1.54, 1.807) is 11.8 Å². The number of rotatable bonds is 5. The van der Waals surface area contributed by atoms with Gasteiger partial charge in [-0.2, -0.15) is 18.3 Å². The fourth-order valence-corrected chi connectivity index (χ4v) is 3.81. The summed E-state index contributed by atoms with van der Waals surface area (Å²) in [6.45, 7) is 2.08. The topological polar surface area (TPSA) is 69.7 Å². The number of fused-ring (bicyclic) bond motifs is 1. The van der Waals surface area contributed by atoms with Gasteiger partial charge in [0.2, 0.25) is 0 Å². The lowest BCUT2D eigenvalue weighted by molar-refractivity contribution is -0.137. The van der Waals surface area contributed by atoms with Gasteiger partial charge in [-0.05, 0) is 37.5 Å². The van der Waals surface area contributed by atoms with Crippen LogP contribution in [-0.2, 0) is 12.6 Å². The van der Waals surface area contributed by atoms with Crippen molar-refractivity contribution in [2.24, 2.45) is 0 Å². The molecular weight excluding hydrogens is 419 g/mol. The molecule has 4 rings (SSSR count). The van der Waals surface area contributed by atoms with E-state index in [0.717, 1.165) is 12.1 Å². The summed E-state index contributed by atoms with van der Waals surface area (Å²) in [5, 5.41) is 10.2. The summed E-state index contributed by atoms with van der Waals surface area (Å²) in [5.74, 6) is -2.69. The number of hydrogen-bond donors (Lipinski definition) is 2. The first-order valence-electron chi connectivity index (χ1n) is 9.82. The Morgan fingerprint density at radius 2 is 1.94 bits per heavy atom. The molecule has 6 nitrogen and oxygen atoms in total. The van der Waals surface area contributed by atoms with Crippen LogP contribution in [0.4, 0.5) is 27.8 Å². The van der Waals surface area contributed by atoms with E-state index < -0.39 is 30.2 Å². The second kappa shape index (κ2) is 8.03. The molecule has 0 amide bonds. The van der Waals surface area contributed by atoms with Crippen molar-refractivity contribution in [3.63, 3.8) is 0 Å². The lowest BCUT2D eigenvalue weighted by atomic mass is 9.99. The third-order valence-corrected chi connectivity index (χ3v) is 5.53. The predicted octanol–water partition coefficient (Wildman–Crippen LogP) is 4.04. The van der Waals surface area contributed by atoms with E-state index in [9.17, 15) is 22.0 Å². The van der Waals surface area contributed by atoms with Crippen molar-refractivity contribution in [3.05, 3.63) is 47.4 Å². The number of halogens is 5. The Kier molecular flexibility index (Phi) is 5.54. The zero-order chi connectivity index (χ0) is 22.2. The van der Waals surface area contributed by atoms with Crippen LogP contribution in [0.15, 0.2) is 30.6 Å². The fourth-order valence-electron chi connectivity index (χ4n) is 3.81. The van der Waals surface area contributed by atoms with Gasteiger partial charge in [0, 0.05) is 13.1 Å². The van der Waals surface area contributed by atoms with Crippen LogP contribution in [0.25, 0.3) is 11.0 Å². The number of benzene rings is 1. The van der Waals surface area contributed by atoms with Crippen molar-refractivity contribution in [2.45, 2.75) is 37.9 Å². The lowest BCUT2D eigenvalue weighted by Gasteiger charge is -2.38. The molecule has 1 saturated heterocycles. The second-order valence-corrected chi connectivity index (χ2v) is 7.72. The number of H-pyrrole nitrogens is 1. The monoisotopic (exact) mass is 440 g/mol. The maximum absolute atomic E-state index is 14.8. The minimum absolute atomic E-state index is 0.197. The average molecular weight is 440 g/mol. The van der Waals surface area contributed by atoms with E-state index in [1.165, 1.54) is 18.5 Å². The first-order chi connectivity index (χ1) is 14.6. The molecule has 0 spiro atoms. The molecule has 3 aromatic rings. The fraction of sp³-hybridized carbons (Fsp3) is 0.450. The zero-order valence-corrected chi connectivity index (χ0v) is 16.7. The number of anilines is 1. The SMILES string of the molecule is Cc1n[nH]c2ncnc(NC3CCN(CCc4ccc(C(F)(F)F)cc4)CC3(F)F)c12.